The lowest BCUT2D eigenvalue weighted by atomic mass is 10.3. The summed E-state index contributed by atoms with van der Waals surface area (Å²) in [5.74, 6) is 0.807. The summed E-state index contributed by atoms with van der Waals surface area (Å²) in [6.07, 6.45) is 0.825. The molecule has 0 heterocycles. The number of anilines is 1. The highest BCUT2D eigenvalue weighted by molar-refractivity contribution is 5.80. The van der Waals surface area contributed by atoms with Crippen molar-refractivity contribution in [2.45, 2.75) is 13.3 Å². The molecule has 0 aliphatic carbocycles. The van der Waals surface area contributed by atoms with E-state index >= 15 is 0 Å². The summed E-state index contributed by atoms with van der Waals surface area (Å²) >= 11 is 0. The number of ether oxygens (including phenoxy) is 2. The zero-order valence-electron chi connectivity index (χ0n) is 11.6. The van der Waals surface area contributed by atoms with Gasteiger partial charge in [-0.1, -0.05) is 0 Å². The Morgan fingerprint density at radius 3 is 2.63 bits per heavy atom. The number of carbonyl (C=O) groups is 1. The first-order chi connectivity index (χ1) is 9.26. The third kappa shape index (κ3) is 6.67. The zero-order chi connectivity index (χ0) is 13.9. The molecule has 5 heteroatoms. The Morgan fingerprint density at radius 1 is 1.26 bits per heavy atom. The van der Waals surface area contributed by atoms with E-state index in [0.717, 1.165) is 17.9 Å². The first-order valence-corrected chi connectivity index (χ1v) is 6.48. The van der Waals surface area contributed by atoms with Crippen molar-refractivity contribution in [1.29, 1.82) is 0 Å². The summed E-state index contributed by atoms with van der Waals surface area (Å²) in [7, 11) is 1.65. The third-order valence-electron chi connectivity index (χ3n) is 2.47. The van der Waals surface area contributed by atoms with Gasteiger partial charge in [-0.2, -0.15) is 0 Å². The summed E-state index contributed by atoms with van der Waals surface area (Å²) in [5.41, 5.74) is 0.899. The molecule has 2 N–H and O–H groups in total. The van der Waals surface area contributed by atoms with Crippen LogP contribution in [0.5, 0.6) is 5.75 Å². The van der Waals surface area contributed by atoms with E-state index in [2.05, 4.69) is 10.6 Å². The van der Waals surface area contributed by atoms with E-state index in [1.807, 2.05) is 31.2 Å². The number of hydrogen-bond acceptors (Lipinski definition) is 4. The van der Waals surface area contributed by atoms with Crippen LogP contribution in [-0.2, 0) is 9.53 Å². The normalized spacial score (nSPS) is 10.0. The number of methoxy groups -OCH3 is 1. The third-order valence-corrected chi connectivity index (χ3v) is 2.47. The molecular formula is C14H22N2O3. The molecule has 0 fully saturated rings. The van der Waals surface area contributed by atoms with Gasteiger partial charge in [0.2, 0.25) is 5.91 Å². The number of rotatable bonds is 9. The van der Waals surface area contributed by atoms with Gasteiger partial charge >= 0.3 is 0 Å². The van der Waals surface area contributed by atoms with Crippen molar-refractivity contribution in [3.05, 3.63) is 24.3 Å². The largest absolute Gasteiger partial charge is 0.494 e. The monoisotopic (exact) mass is 266 g/mol. The molecule has 1 aromatic rings. The van der Waals surface area contributed by atoms with Gasteiger partial charge in [-0.15, -0.1) is 0 Å². The lowest BCUT2D eigenvalue weighted by molar-refractivity contribution is -0.119. The van der Waals surface area contributed by atoms with Crippen LogP contribution in [0.3, 0.4) is 0 Å². The average Bonchev–Trinajstić information content (AvgIpc) is 2.43. The first-order valence-electron chi connectivity index (χ1n) is 6.48. The Balaban J connectivity index is 2.22. The van der Waals surface area contributed by atoms with Gasteiger partial charge in [-0.3, -0.25) is 4.79 Å². The highest BCUT2D eigenvalue weighted by Crippen LogP contribution is 2.15. The summed E-state index contributed by atoms with van der Waals surface area (Å²) in [5, 5.41) is 5.87. The first kappa shape index (κ1) is 15.3. The van der Waals surface area contributed by atoms with Crippen molar-refractivity contribution in [2.24, 2.45) is 0 Å². The molecule has 106 valence electrons. The fourth-order valence-electron chi connectivity index (χ4n) is 1.52. The summed E-state index contributed by atoms with van der Waals surface area (Å²) < 4.78 is 10.2. The minimum Gasteiger partial charge on any atom is -0.494 e. The van der Waals surface area contributed by atoms with Crippen LogP contribution >= 0.6 is 0 Å². The smallest absolute Gasteiger partial charge is 0.239 e. The SMILES string of the molecule is CCOc1ccc(NCC(=O)NCCCOC)cc1. The molecule has 0 atom stereocenters. The Labute approximate surface area is 114 Å². The van der Waals surface area contributed by atoms with Crippen LogP contribution in [0.15, 0.2) is 24.3 Å². The van der Waals surface area contributed by atoms with Crippen molar-refractivity contribution in [1.82, 2.24) is 5.32 Å². The summed E-state index contributed by atoms with van der Waals surface area (Å²) in [4.78, 5) is 11.5. The minimum atomic E-state index is -0.0232. The maximum absolute atomic E-state index is 11.5. The average molecular weight is 266 g/mol. The second-order valence-corrected chi connectivity index (χ2v) is 4.01. The molecule has 0 radical (unpaired) electrons. The Morgan fingerprint density at radius 2 is 2.00 bits per heavy atom. The van der Waals surface area contributed by atoms with Gasteiger partial charge in [-0.05, 0) is 37.6 Å². The number of benzene rings is 1. The van der Waals surface area contributed by atoms with E-state index in [1.54, 1.807) is 7.11 Å². The molecule has 0 aliphatic rings. The number of amides is 1. The van der Waals surface area contributed by atoms with Gasteiger partial charge in [0.1, 0.15) is 5.75 Å². The molecule has 19 heavy (non-hydrogen) atoms. The van der Waals surface area contributed by atoms with Crippen LogP contribution in [0.1, 0.15) is 13.3 Å². The molecular weight excluding hydrogens is 244 g/mol. The van der Waals surface area contributed by atoms with E-state index in [9.17, 15) is 4.79 Å². The molecule has 1 rings (SSSR count). The van der Waals surface area contributed by atoms with Crippen LogP contribution < -0.4 is 15.4 Å². The van der Waals surface area contributed by atoms with Crippen molar-refractivity contribution in [3.63, 3.8) is 0 Å². The molecule has 0 saturated heterocycles. The molecule has 0 aromatic heterocycles. The number of carbonyl (C=O) groups excluding carboxylic acids is 1. The van der Waals surface area contributed by atoms with E-state index < -0.39 is 0 Å². The molecule has 0 bridgehead atoms. The van der Waals surface area contributed by atoms with Gasteiger partial charge in [0.15, 0.2) is 0 Å². The second-order valence-electron chi connectivity index (χ2n) is 4.01. The van der Waals surface area contributed by atoms with E-state index in [1.165, 1.54) is 0 Å². The maximum Gasteiger partial charge on any atom is 0.239 e. The van der Waals surface area contributed by atoms with E-state index in [-0.39, 0.29) is 12.5 Å². The lowest BCUT2D eigenvalue weighted by Crippen LogP contribution is -2.31. The van der Waals surface area contributed by atoms with Crippen molar-refractivity contribution in [2.75, 3.05) is 38.7 Å². The van der Waals surface area contributed by atoms with Gasteiger partial charge in [0, 0.05) is 25.9 Å². The molecule has 5 nitrogen and oxygen atoms in total. The highest BCUT2D eigenvalue weighted by Gasteiger charge is 2.00. The minimum absolute atomic E-state index is 0.0232. The van der Waals surface area contributed by atoms with Gasteiger partial charge in [0.25, 0.3) is 0 Å². The topological polar surface area (TPSA) is 59.6 Å². The Hall–Kier alpha value is -1.75. The van der Waals surface area contributed by atoms with E-state index in [0.29, 0.717) is 19.8 Å². The quantitative estimate of drug-likeness (QED) is 0.667. The highest BCUT2D eigenvalue weighted by atomic mass is 16.5. The van der Waals surface area contributed by atoms with Gasteiger partial charge < -0.3 is 20.1 Å². The van der Waals surface area contributed by atoms with Crippen molar-refractivity contribution < 1.29 is 14.3 Å². The van der Waals surface area contributed by atoms with Crippen molar-refractivity contribution >= 4 is 11.6 Å². The summed E-state index contributed by atoms with van der Waals surface area (Å²) in [6.45, 7) is 4.15. The lowest BCUT2D eigenvalue weighted by Gasteiger charge is -2.08. The second kappa shape index (κ2) is 9.22. The molecule has 0 saturated carbocycles. The zero-order valence-corrected chi connectivity index (χ0v) is 11.6. The fraction of sp³-hybridized carbons (Fsp3) is 0.500. The van der Waals surface area contributed by atoms with Gasteiger partial charge in [0.05, 0.1) is 13.2 Å². The van der Waals surface area contributed by atoms with Gasteiger partial charge in [-0.25, -0.2) is 0 Å². The predicted octanol–water partition coefficient (Wildman–Crippen LogP) is 1.65. The molecule has 0 spiro atoms. The van der Waals surface area contributed by atoms with Crippen LogP contribution in [-0.4, -0.2) is 39.3 Å². The summed E-state index contributed by atoms with van der Waals surface area (Å²) in [6, 6.07) is 7.54. The molecule has 1 amide bonds. The van der Waals surface area contributed by atoms with Crippen LogP contribution in [0.4, 0.5) is 5.69 Å². The standard InChI is InChI=1S/C14H22N2O3/c1-3-19-13-7-5-12(6-8-13)16-11-14(17)15-9-4-10-18-2/h5-8,16H,3-4,9-11H2,1-2H3,(H,15,17). The van der Waals surface area contributed by atoms with E-state index in [4.69, 9.17) is 9.47 Å². The van der Waals surface area contributed by atoms with Crippen molar-refractivity contribution in [3.8, 4) is 5.75 Å². The Bertz CT molecular complexity index is 365. The van der Waals surface area contributed by atoms with Crippen LogP contribution in [0.2, 0.25) is 0 Å². The maximum atomic E-state index is 11.5. The fourth-order valence-corrected chi connectivity index (χ4v) is 1.52. The molecule has 1 aromatic carbocycles. The number of hydrogen-bond donors (Lipinski definition) is 2. The Kier molecular flexibility index (Phi) is 7.43. The van der Waals surface area contributed by atoms with Crippen LogP contribution in [0.25, 0.3) is 0 Å². The number of nitrogens with one attached hydrogen (secondary N) is 2. The molecule has 0 aliphatic heterocycles. The molecule has 0 unspecified atom stereocenters. The predicted molar refractivity (Wildman–Crippen MR) is 75.6 cm³/mol. The van der Waals surface area contributed by atoms with Crippen LogP contribution in [0, 0.1) is 0 Å².